The average molecular weight is 235 g/mol. The summed E-state index contributed by atoms with van der Waals surface area (Å²) in [5.41, 5.74) is 6.01. The minimum absolute atomic E-state index is 0.0473. The number of rotatable bonds is 3. The number of hydrogen-bond acceptors (Lipinski definition) is 3. The third-order valence-corrected chi connectivity index (χ3v) is 4.11. The minimum atomic E-state index is 0.0473. The van der Waals surface area contributed by atoms with Crippen molar-refractivity contribution in [2.75, 3.05) is 0 Å². The molecule has 0 atom stereocenters. The molecule has 0 amide bonds. The first-order valence-corrected chi connectivity index (χ1v) is 6.62. The first-order chi connectivity index (χ1) is 7.75. The van der Waals surface area contributed by atoms with E-state index in [1.165, 1.54) is 32.1 Å². The van der Waals surface area contributed by atoms with E-state index in [1.807, 2.05) is 23.9 Å². The van der Waals surface area contributed by atoms with Gasteiger partial charge in [-0.15, -0.1) is 11.8 Å². The van der Waals surface area contributed by atoms with Crippen molar-refractivity contribution < 1.29 is 0 Å². The summed E-state index contributed by atoms with van der Waals surface area (Å²) in [6.45, 7) is 0. The second-order valence-corrected chi connectivity index (χ2v) is 5.47. The number of nitrogens with one attached hydrogen (secondary N) is 1. The second kappa shape index (κ2) is 5.34. The predicted octanol–water partition coefficient (Wildman–Crippen LogP) is 2.79. The lowest BCUT2D eigenvalue weighted by Gasteiger charge is -2.20. The lowest BCUT2D eigenvalue weighted by Crippen LogP contribution is -2.14. The van der Waals surface area contributed by atoms with Crippen LogP contribution in [0.5, 0.6) is 0 Å². The highest BCUT2D eigenvalue weighted by Crippen LogP contribution is 2.32. The molecule has 0 bridgehead atoms. The average Bonchev–Trinajstić information content (AvgIpc) is 2.30. The number of aromatic nitrogens is 1. The van der Waals surface area contributed by atoms with Gasteiger partial charge < -0.3 is 5.73 Å². The minimum Gasteiger partial charge on any atom is -0.382 e. The third kappa shape index (κ3) is 2.98. The lowest BCUT2D eigenvalue weighted by molar-refractivity contribution is 0.515. The summed E-state index contributed by atoms with van der Waals surface area (Å²) >= 11 is 1.83. The van der Waals surface area contributed by atoms with Crippen LogP contribution in [0.15, 0.2) is 23.2 Å². The molecule has 0 spiro atoms. The monoisotopic (exact) mass is 235 g/mol. The Kier molecular flexibility index (Phi) is 3.83. The zero-order valence-corrected chi connectivity index (χ0v) is 10.1. The van der Waals surface area contributed by atoms with Crippen LogP contribution in [0, 0.1) is 5.41 Å². The van der Waals surface area contributed by atoms with Gasteiger partial charge in [0.2, 0.25) is 0 Å². The van der Waals surface area contributed by atoms with E-state index in [-0.39, 0.29) is 5.84 Å². The van der Waals surface area contributed by atoms with Gasteiger partial charge in [-0.3, -0.25) is 5.41 Å². The first kappa shape index (κ1) is 11.5. The summed E-state index contributed by atoms with van der Waals surface area (Å²) < 4.78 is 0. The van der Waals surface area contributed by atoms with E-state index >= 15 is 0 Å². The van der Waals surface area contributed by atoms with Gasteiger partial charge >= 0.3 is 0 Å². The Bertz CT molecular complexity index is 372. The van der Waals surface area contributed by atoms with E-state index in [9.17, 15) is 0 Å². The van der Waals surface area contributed by atoms with E-state index in [0.717, 1.165) is 5.03 Å². The van der Waals surface area contributed by atoms with Gasteiger partial charge in [0.1, 0.15) is 11.5 Å². The Labute approximate surface area is 100 Å². The van der Waals surface area contributed by atoms with Crippen LogP contribution in [-0.4, -0.2) is 16.1 Å². The summed E-state index contributed by atoms with van der Waals surface area (Å²) in [4.78, 5) is 4.38. The van der Waals surface area contributed by atoms with Crippen molar-refractivity contribution in [3.63, 3.8) is 0 Å². The Balaban J connectivity index is 2.02. The molecule has 4 heteroatoms. The Morgan fingerprint density at radius 1 is 1.31 bits per heavy atom. The van der Waals surface area contributed by atoms with Crippen LogP contribution in [0.2, 0.25) is 0 Å². The van der Waals surface area contributed by atoms with Gasteiger partial charge in [0.15, 0.2) is 0 Å². The number of thioether (sulfide) groups is 1. The van der Waals surface area contributed by atoms with Crippen LogP contribution >= 0.6 is 11.8 Å². The number of nitrogens with two attached hydrogens (primary N) is 1. The number of nitrogens with zero attached hydrogens (tertiary/aromatic N) is 1. The summed E-state index contributed by atoms with van der Waals surface area (Å²) in [5, 5.41) is 9.05. The quantitative estimate of drug-likeness (QED) is 0.625. The van der Waals surface area contributed by atoms with Crippen molar-refractivity contribution in [1.29, 1.82) is 5.41 Å². The molecule has 1 saturated carbocycles. The predicted molar refractivity (Wildman–Crippen MR) is 68.0 cm³/mol. The zero-order chi connectivity index (χ0) is 11.4. The molecule has 3 N–H and O–H groups in total. The first-order valence-electron chi connectivity index (χ1n) is 5.74. The number of pyridine rings is 1. The van der Waals surface area contributed by atoms with Gasteiger partial charge in [-0.05, 0) is 25.0 Å². The van der Waals surface area contributed by atoms with E-state index in [1.54, 1.807) is 6.07 Å². The van der Waals surface area contributed by atoms with Gasteiger partial charge in [0.25, 0.3) is 0 Å². The maximum absolute atomic E-state index is 7.36. The molecule has 2 rings (SSSR count). The van der Waals surface area contributed by atoms with Crippen molar-refractivity contribution in [2.45, 2.75) is 42.4 Å². The molecule has 0 saturated heterocycles. The van der Waals surface area contributed by atoms with Crippen LogP contribution in [0.1, 0.15) is 37.8 Å². The van der Waals surface area contributed by atoms with Crippen LogP contribution < -0.4 is 5.73 Å². The highest BCUT2D eigenvalue weighted by Gasteiger charge is 2.15. The van der Waals surface area contributed by atoms with E-state index in [4.69, 9.17) is 11.1 Å². The fraction of sp³-hybridized carbons (Fsp3) is 0.500. The van der Waals surface area contributed by atoms with E-state index in [0.29, 0.717) is 10.9 Å². The fourth-order valence-corrected chi connectivity index (χ4v) is 3.20. The molecule has 1 aliphatic rings. The smallest absolute Gasteiger partial charge is 0.141 e. The Morgan fingerprint density at radius 3 is 2.75 bits per heavy atom. The molecular formula is C12H17N3S. The molecule has 0 radical (unpaired) electrons. The lowest BCUT2D eigenvalue weighted by atomic mass is 10.0. The van der Waals surface area contributed by atoms with Gasteiger partial charge in [-0.2, -0.15) is 0 Å². The molecule has 3 nitrogen and oxygen atoms in total. The van der Waals surface area contributed by atoms with Gasteiger partial charge in [0.05, 0.1) is 5.03 Å². The van der Waals surface area contributed by atoms with Crippen molar-refractivity contribution in [1.82, 2.24) is 4.98 Å². The van der Waals surface area contributed by atoms with Crippen molar-refractivity contribution in [3.05, 3.63) is 23.9 Å². The molecule has 0 aliphatic heterocycles. The SMILES string of the molecule is N=C(N)c1cccc(SC2CCCCC2)n1. The summed E-state index contributed by atoms with van der Waals surface area (Å²) in [6.07, 6.45) is 6.62. The highest BCUT2D eigenvalue weighted by atomic mass is 32.2. The van der Waals surface area contributed by atoms with Gasteiger partial charge in [-0.1, -0.05) is 25.3 Å². The molecule has 1 aliphatic carbocycles. The standard InChI is InChI=1S/C12H17N3S/c13-12(14)10-7-4-8-11(15-10)16-9-5-2-1-3-6-9/h4,7-9H,1-3,5-6H2,(H3,13,14). The van der Waals surface area contributed by atoms with Crippen LogP contribution in [0.25, 0.3) is 0 Å². The van der Waals surface area contributed by atoms with E-state index in [2.05, 4.69) is 4.98 Å². The zero-order valence-electron chi connectivity index (χ0n) is 9.28. The molecule has 0 aromatic carbocycles. The Morgan fingerprint density at radius 2 is 2.06 bits per heavy atom. The van der Waals surface area contributed by atoms with Crippen LogP contribution in [0.3, 0.4) is 0 Å². The van der Waals surface area contributed by atoms with E-state index < -0.39 is 0 Å². The third-order valence-electron chi connectivity index (χ3n) is 2.84. The van der Waals surface area contributed by atoms with Gasteiger partial charge in [0, 0.05) is 5.25 Å². The molecule has 16 heavy (non-hydrogen) atoms. The molecule has 1 aromatic rings. The summed E-state index contributed by atoms with van der Waals surface area (Å²) in [5.74, 6) is 0.0473. The fourth-order valence-electron chi connectivity index (χ4n) is 1.98. The summed E-state index contributed by atoms with van der Waals surface area (Å²) in [6, 6.07) is 5.72. The number of hydrogen-bond donors (Lipinski definition) is 2. The normalized spacial score (nSPS) is 17.2. The molecular weight excluding hydrogens is 218 g/mol. The largest absolute Gasteiger partial charge is 0.382 e. The van der Waals surface area contributed by atoms with Crippen molar-refractivity contribution in [3.8, 4) is 0 Å². The van der Waals surface area contributed by atoms with Crippen molar-refractivity contribution >= 4 is 17.6 Å². The molecule has 1 aromatic heterocycles. The topological polar surface area (TPSA) is 62.8 Å². The van der Waals surface area contributed by atoms with Crippen LogP contribution in [-0.2, 0) is 0 Å². The maximum atomic E-state index is 7.36. The number of nitrogen functional groups attached to an aromatic ring is 1. The Hall–Kier alpha value is -1.03. The number of amidine groups is 1. The molecule has 1 heterocycles. The van der Waals surface area contributed by atoms with Gasteiger partial charge in [-0.25, -0.2) is 4.98 Å². The van der Waals surface area contributed by atoms with Crippen LogP contribution in [0.4, 0.5) is 0 Å². The van der Waals surface area contributed by atoms with Crippen molar-refractivity contribution in [2.24, 2.45) is 5.73 Å². The second-order valence-electron chi connectivity index (χ2n) is 4.15. The maximum Gasteiger partial charge on any atom is 0.141 e. The molecule has 1 fully saturated rings. The molecule has 0 unspecified atom stereocenters. The molecule has 86 valence electrons. The highest BCUT2D eigenvalue weighted by molar-refractivity contribution is 7.99. The summed E-state index contributed by atoms with van der Waals surface area (Å²) in [7, 11) is 0.